The summed E-state index contributed by atoms with van der Waals surface area (Å²) in [6, 6.07) is 5.68. The summed E-state index contributed by atoms with van der Waals surface area (Å²) in [5, 5.41) is 5.42. The van der Waals surface area contributed by atoms with Crippen LogP contribution in [-0.2, 0) is 6.54 Å². The van der Waals surface area contributed by atoms with E-state index in [1.807, 2.05) is 5.38 Å². The minimum absolute atomic E-state index is 0.230. The van der Waals surface area contributed by atoms with Crippen molar-refractivity contribution in [1.82, 2.24) is 24.1 Å². The monoisotopic (exact) mass is 406 g/mol. The SMILES string of the molecule is CCCn1c(C)cc(-c2csc(NC(=O)c3ccc(-n4ccnc4)nc3)n2)c1C. The van der Waals surface area contributed by atoms with Crippen LogP contribution in [0.25, 0.3) is 17.1 Å². The van der Waals surface area contributed by atoms with E-state index in [1.54, 1.807) is 41.6 Å². The largest absolute Gasteiger partial charge is 0.348 e. The first kappa shape index (κ1) is 19.1. The zero-order valence-corrected chi connectivity index (χ0v) is 17.4. The van der Waals surface area contributed by atoms with Gasteiger partial charge in [0.05, 0.1) is 11.3 Å². The zero-order chi connectivity index (χ0) is 20.4. The highest BCUT2D eigenvalue weighted by atomic mass is 32.1. The number of nitrogens with zero attached hydrogens (tertiary/aromatic N) is 5. The predicted octanol–water partition coefficient (Wildman–Crippen LogP) is 4.47. The molecule has 4 rings (SSSR count). The van der Waals surface area contributed by atoms with Crippen molar-refractivity contribution in [1.29, 1.82) is 0 Å². The Hall–Kier alpha value is -3.26. The number of anilines is 1. The maximum absolute atomic E-state index is 12.6. The van der Waals surface area contributed by atoms with E-state index in [-0.39, 0.29) is 5.91 Å². The third-order valence-electron chi connectivity index (χ3n) is 4.80. The first-order valence-corrected chi connectivity index (χ1v) is 10.3. The lowest BCUT2D eigenvalue weighted by molar-refractivity contribution is 0.102. The Bertz CT molecular complexity index is 1120. The fraction of sp³-hybridized carbons (Fsp3) is 0.238. The van der Waals surface area contributed by atoms with Gasteiger partial charge in [-0.3, -0.25) is 14.7 Å². The summed E-state index contributed by atoms with van der Waals surface area (Å²) in [7, 11) is 0. The molecule has 4 heterocycles. The highest BCUT2D eigenvalue weighted by Gasteiger charge is 2.15. The van der Waals surface area contributed by atoms with Crippen molar-refractivity contribution in [3.63, 3.8) is 0 Å². The minimum atomic E-state index is -0.230. The summed E-state index contributed by atoms with van der Waals surface area (Å²) in [5.74, 6) is 0.477. The summed E-state index contributed by atoms with van der Waals surface area (Å²) < 4.78 is 4.09. The van der Waals surface area contributed by atoms with Crippen LogP contribution >= 0.6 is 11.3 Å². The second-order valence-electron chi connectivity index (χ2n) is 6.80. The fourth-order valence-electron chi connectivity index (χ4n) is 3.32. The van der Waals surface area contributed by atoms with Crippen LogP contribution in [0.2, 0.25) is 0 Å². The number of imidazole rings is 1. The number of thiazole rings is 1. The fourth-order valence-corrected chi connectivity index (χ4v) is 4.03. The number of rotatable bonds is 6. The van der Waals surface area contributed by atoms with Crippen LogP contribution in [-0.4, -0.2) is 30.0 Å². The second kappa shape index (κ2) is 8.00. The third-order valence-corrected chi connectivity index (χ3v) is 5.56. The molecular weight excluding hydrogens is 384 g/mol. The molecule has 0 radical (unpaired) electrons. The molecule has 0 unspecified atom stereocenters. The van der Waals surface area contributed by atoms with Gasteiger partial charge in [0, 0.05) is 47.5 Å². The Morgan fingerprint density at radius 2 is 2.14 bits per heavy atom. The highest BCUT2D eigenvalue weighted by Crippen LogP contribution is 2.30. The molecule has 0 aromatic carbocycles. The summed E-state index contributed by atoms with van der Waals surface area (Å²) >= 11 is 1.42. The highest BCUT2D eigenvalue weighted by molar-refractivity contribution is 7.14. The Morgan fingerprint density at radius 3 is 2.83 bits per heavy atom. The zero-order valence-electron chi connectivity index (χ0n) is 16.6. The van der Waals surface area contributed by atoms with Crippen LogP contribution in [0.1, 0.15) is 35.1 Å². The van der Waals surface area contributed by atoms with Gasteiger partial charge in [-0.15, -0.1) is 11.3 Å². The van der Waals surface area contributed by atoms with Crippen LogP contribution < -0.4 is 5.32 Å². The van der Waals surface area contributed by atoms with Gasteiger partial charge in [-0.1, -0.05) is 6.92 Å². The number of aryl methyl sites for hydroxylation is 1. The number of pyridine rings is 1. The first-order valence-electron chi connectivity index (χ1n) is 9.45. The van der Waals surface area contributed by atoms with Gasteiger partial charge in [0.1, 0.15) is 12.1 Å². The van der Waals surface area contributed by atoms with Gasteiger partial charge in [-0.25, -0.2) is 15.0 Å². The van der Waals surface area contributed by atoms with Crippen molar-refractivity contribution in [2.24, 2.45) is 0 Å². The van der Waals surface area contributed by atoms with E-state index in [9.17, 15) is 4.79 Å². The van der Waals surface area contributed by atoms with E-state index < -0.39 is 0 Å². The Morgan fingerprint density at radius 1 is 1.28 bits per heavy atom. The van der Waals surface area contributed by atoms with E-state index in [0.29, 0.717) is 16.5 Å². The van der Waals surface area contributed by atoms with Gasteiger partial charge in [0.25, 0.3) is 5.91 Å². The lowest BCUT2D eigenvalue weighted by atomic mass is 10.2. The molecule has 0 aliphatic carbocycles. The smallest absolute Gasteiger partial charge is 0.259 e. The van der Waals surface area contributed by atoms with Crippen LogP contribution in [0, 0.1) is 13.8 Å². The van der Waals surface area contributed by atoms with Gasteiger partial charge < -0.3 is 4.57 Å². The minimum Gasteiger partial charge on any atom is -0.348 e. The average molecular weight is 407 g/mol. The number of carbonyl (C=O) groups is 1. The summed E-state index contributed by atoms with van der Waals surface area (Å²) in [6.07, 6.45) is 7.79. The Balaban J connectivity index is 1.49. The lowest BCUT2D eigenvalue weighted by Crippen LogP contribution is -2.12. The van der Waals surface area contributed by atoms with Crippen LogP contribution in [0.5, 0.6) is 0 Å². The van der Waals surface area contributed by atoms with Crippen molar-refractivity contribution >= 4 is 22.4 Å². The summed E-state index contributed by atoms with van der Waals surface area (Å²) in [6.45, 7) is 7.39. The Labute approximate surface area is 173 Å². The van der Waals surface area contributed by atoms with E-state index in [2.05, 4.69) is 51.7 Å². The molecule has 0 saturated carbocycles. The number of carbonyl (C=O) groups excluding carboxylic acids is 1. The molecule has 7 nitrogen and oxygen atoms in total. The van der Waals surface area contributed by atoms with E-state index in [4.69, 9.17) is 0 Å². The van der Waals surface area contributed by atoms with Gasteiger partial charge in [0.2, 0.25) is 0 Å². The number of hydrogen-bond donors (Lipinski definition) is 1. The molecule has 1 amide bonds. The first-order chi connectivity index (χ1) is 14.1. The summed E-state index contributed by atoms with van der Waals surface area (Å²) in [5.41, 5.74) is 4.90. The van der Waals surface area contributed by atoms with Crippen molar-refractivity contribution in [2.75, 3.05) is 5.32 Å². The molecule has 0 bridgehead atoms. The van der Waals surface area contributed by atoms with Gasteiger partial charge in [0.15, 0.2) is 5.13 Å². The molecule has 0 aliphatic rings. The second-order valence-corrected chi connectivity index (χ2v) is 7.66. The van der Waals surface area contributed by atoms with E-state index >= 15 is 0 Å². The molecule has 4 aromatic heterocycles. The molecule has 8 heteroatoms. The van der Waals surface area contributed by atoms with E-state index in [0.717, 1.165) is 24.2 Å². The van der Waals surface area contributed by atoms with Crippen molar-refractivity contribution in [3.8, 4) is 17.1 Å². The molecule has 148 valence electrons. The average Bonchev–Trinajstić information content (AvgIpc) is 3.46. The topological polar surface area (TPSA) is 77.6 Å². The normalized spacial score (nSPS) is 11.0. The number of nitrogens with one attached hydrogen (secondary N) is 1. The quantitative estimate of drug-likeness (QED) is 0.512. The summed E-state index contributed by atoms with van der Waals surface area (Å²) in [4.78, 5) is 25.5. The molecule has 29 heavy (non-hydrogen) atoms. The molecule has 0 spiro atoms. The maximum atomic E-state index is 12.6. The van der Waals surface area contributed by atoms with Gasteiger partial charge in [-0.05, 0) is 38.5 Å². The standard InChI is InChI=1S/C21H22N6OS/c1-4-8-27-14(2)10-17(15(27)3)18-12-29-21(24-18)25-20(28)16-5-6-19(23-11-16)26-9-7-22-13-26/h5-7,9-13H,4,8H2,1-3H3,(H,24,25,28). The molecule has 0 aliphatic heterocycles. The molecule has 0 atom stereocenters. The molecule has 0 fully saturated rings. The van der Waals surface area contributed by atoms with Crippen LogP contribution in [0.4, 0.5) is 5.13 Å². The van der Waals surface area contributed by atoms with Crippen molar-refractivity contribution in [3.05, 3.63) is 65.4 Å². The Kier molecular flexibility index (Phi) is 5.26. The van der Waals surface area contributed by atoms with Gasteiger partial charge in [-0.2, -0.15) is 0 Å². The third kappa shape index (κ3) is 3.84. The predicted molar refractivity (Wildman–Crippen MR) is 115 cm³/mol. The van der Waals surface area contributed by atoms with Crippen LogP contribution in [0.3, 0.4) is 0 Å². The molecular formula is C21H22N6OS. The molecule has 0 saturated heterocycles. The maximum Gasteiger partial charge on any atom is 0.259 e. The number of amides is 1. The molecule has 1 N–H and O–H groups in total. The van der Waals surface area contributed by atoms with Crippen molar-refractivity contribution in [2.45, 2.75) is 33.7 Å². The number of aromatic nitrogens is 5. The van der Waals surface area contributed by atoms with Crippen molar-refractivity contribution < 1.29 is 4.79 Å². The van der Waals surface area contributed by atoms with Crippen LogP contribution in [0.15, 0.2) is 48.5 Å². The lowest BCUT2D eigenvalue weighted by Gasteiger charge is -2.07. The molecule has 4 aromatic rings. The van der Waals surface area contributed by atoms with E-state index in [1.165, 1.54) is 22.7 Å². The number of hydrogen-bond acceptors (Lipinski definition) is 5. The van der Waals surface area contributed by atoms with Gasteiger partial charge >= 0.3 is 0 Å².